The van der Waals surface area contributed by atoms with Crippen molar-refractivity contribution in [1.82, 2.24) is 9.97 Å². The fourth-order valence-electron chi connectivity index (χ4n) is 3.96. The molecule has 1 amide bonds. The second kappa shape index (κ2) is 8.55. The van der Waals surface area contributed by atoms with Crippen molar-refractivity contribution in [2.75, 3.05) is 5.32 Å². The number of rotatable bonds is 5. The van der Waals surface area contributed by atoms with Gasteiger partial charge in [0.05, 0.1) is 23.5 Å². The van der Waals surface area contributed by atoms with Crippen molar-refractivity contribution in [2.45, 2.75) is 19.3 Å². The number of nitrogens with one attached hydrogen (secondary N) is 1. The Hall–Kier alpha value is -3.51. The lowest BCUT2D eigenvalue weighted by atomic mass is 10.1. The SMILES string of the molecule is O=C(Cc1ccc(Br)cc1)Nc1nc2c(nc1Cc1ccccc1)-c1ccc(O)cc1C2. The number of aromatic hydroxyl groups is 1. The van der Waals surface area contributed by atoms with Gasteiger partial charge in [-0.25, -0.2) is 9.97 Å². The quantitative estimate of drug-likeness (QED) is 0.354. The van der Waals surface area contributed by atoms with Crippen LogP contribution in [0.4, 0.5) is 5.82 Å². The van der Waals surface area contributed by atoms with E-state index in [0.29, 0.717) is 18.7 Å². The maximum absolute atomic E-state index is 12.8. The number of anilines is 1. The molecule has 0 spiro atoms. The first kappa shape index (κ1) is 20.4. The Morgan fingerprint density at radius 2 is 1.75 bits per heavy atom. The van der Waals surface area contributed by atoms with Crippen LogP contribution in [0, 0.1) is 0 Å². The van der Waals surface area contributed by atoms with E-state index in [1.807, 2.05) is 60.7 Å². The molecule has 0 bridgehead atoms. The predicted octanol–water partition coefficient (Wildman–Crippen LogP) is 5.29. The predicted molar refractivity (Wildman–Crippen MR) is 128 cm³/mol. The van der Waals surface area contributed by atoms with Crippen LogP contribution in [0.15, 0.2) is 77.3 Å². The van der Waals surface area contributed by atoms with Crippen LogP contribution in [-0.2, 0) is 24.1 Å². The number of hydrogen-bond acceptors (Lipinski definition) is 4. The fourth-order valence-corrected chi connectivity index (χ4v) is 4.22. The number of benzene rings is 3. The number of fused-ring (bicyclic) bond motifs is 3. The number of amides is 1. The van der Waals surface area contributed by atoms with E-state index in [4.69, 9.17) is 9.97 Å². The Morgan fingerprint density at radius 3 is 2.53 bits per heavy atom. The molecule has 0 atom stereocenters. The molecule has 5 rings (SSSR count). The van der Waals surface area contributed by atoms with E-state index in [0.717, 1.165) is 43.8 Å². The highest BCUT2D eigenvalue weighted by Gasteiger charge is 2.25. The number of phenolic OH excluding ortho intramolecular Hbond substituents is 1. The minimum atomic E-state index is -0.135. The van der Waals surface area contributed by atoms with E-state index in [-0.39, 0.29) is 18.1 Å². The molecule has 0 aliphatic heterocycles. The summed E-state index contributed by atoms with van der Waals surface area (Å²) in [5, 5.41) is 12.8. The van der Waals surface area contributed by atoms with E-state index in [1.54, 1.807) is 12.1 Å². The molecule has 1 aliphatic rings. The van der Waals surface area contributed by atoms with Gasteiger partial charge in [-0.2, -0.15) is 0 Å². The van der Waals surface area contributed by atoms with Gasteiger partial charge >= 0.3 is 0 Å². The van der Waals surface area contributed by atoms with Crippen molar-refractivity contribution in [2.24, 2.45) is 0 Å². The largest absolute Gasteiger partial charge is 0.508 e. The first-order valence-electron chi connectivity index (χ1n) is 10.4. The summed E-state index contributed by atoms with van der Waals surface area (Å²) in [7, 11) is 0. The maximum atomic E-state index is 12.8. The van der Waals surface area contributed by atoms with Crippen LogP contribution in [0.5, 0.6) is 5.75 Å². The smallest absolute Gasteiger partial charge is 0.229 e. The summed E-state index contributed by atoms with van der Waals surface area (Å²) in [6, 6.07) is 23.0. The Kier molecular flexibility index (Phi) is 5.45. The van der Waals surface area contributed by atoms with Crippen LogP contribution < -0.4 is 5.32 Å². The van der Waals surface area contributed by atoms with Gasteiger partial charge < -0.3 is 10.4 Å². The van der Waals surface area contributed by atoms with Crippen molar-refractivity contribution in [3.05, 3.63) is 105 Å². The molecule has 4 aromatic rings. The molecule has 6 heteroatoms. The third-order valence-corrected chi connectivity index (χ3v) is 6.02. The molecule has 0 saturated carbocycles. The van der Waals surface area contributed by atoms with Crippen LogP contribution >= 0.6 is 15.9 Å². The Bertz CT molecular complexity index is 1300. The van der Waals surface area contributed by atoms with E-state index < -0.39 is 0 Å². The molecule has 1 heterocycles. The summed E-state index contributed by atoms with van der Waals surface area (Å²) in [6.07, 6.45) is 1.39. The van der Waals surface area contributed by atoms with Gasteiger partial charge in [0.25, 0.3) is 0 Å². The van der Waals surface area contributed by atoms with Crippen molar-refractivity contribution in [3.8, 4) is 17.0 Å². The Morgan fingerprint density at radius 1 is 0.969 bits per heavy atom. The molecule has 0 radical (unpaired) electrons. The van der Waals surface area contributed by atoms with Gasteiger partial charge in [0.15, 0.2) is 5.82 Å². The topological polar surface area (TPSA) is 75.1 Å². The third-order valence-electron chi connectivity index (χ3n) is 5.49. The lowest BCUT2D eigenvalue weighted by Gasteiger charge is -2.13. The summed E-state index contributed by atoms with van der Waals surface area (Å²) >= 11 is 3.42. The minimum absolute atomic E-state index is 0.135. The Labute approximate surface area is 194 Å². The average Bonchev–Trinajstić information content (AvgIpc) is 3.12. The molecule has 3 aromatic carbocycles. The number of halogens is 1. The van der Waals surface area contributed by atoms with Gasteiger partial charge in [0, 0.05) is 22.9 Å². The highest BCUT2D eigenvalue weighted by molar-refractivity contribution is 9.10. The zero-order valence-electron chi connectivity index (χ0n) is 17.2. The van der Waals surface area contributed by atoms with E-state index >= 15 is 0 Å². The highest BCUT2D eigenvalue weighted by atomic mass is 79.9. The molecule has 0 unspecified atom stereocenters. The van der Waals surface area contributed by atoms with Crippen LogP contribution in [0.25, 0.3) is 11.3 Å². The lowest BCUT2D eigenvalue weighted by molar-refractivity contribution is -0.115. The molecule has 1 aliphatic carbocycles. The number of aromatic nitrogens is 2. The van der Waals surface area contributed by atoms with Gasteiger partial charge in [0.1, 0.15) is 5.75 Å². The normalized spacial score (nSPS) is 11.7. The summed E-state index contributed by atoms with van der Waals surface area (Å²) in [5.74, 6) is 0.583. The molecule has 0 fully saturated rings. The number of carbonyl (C=O) groups excluding carboxylic acids is 1. The van der Waals surface area contributed by atoms with Crippen LogP contribution in [0.2, 0.25) is 0 Å². The highest BCUT2D eigenvalue weighted by Crippen LogP contribution is 2.37. The van der Waals surface area contributed by atoms with Crippen molar-refractivity contribution >= 4 is 27.7 Å². The van der Waals surface area contributed by atoms with Gasteiger partial charge in [-0.05, 0) is 47.0 Å². The average molecular weight is 486 g/mol. The first-order chi connectivity index (χ1) is 15.5. The molecular formula is C26H20BrN3O2. The van der Waals surface area contributed by atoms with Crippen molar-refractivity contribution in [1.29, 1.82) is 0 Å². The Balaban J connectivity index is 1.48. The van der Waals surface area contributed by atoms with E-state index in [9.17, 15) is 9.90 Å². The lowest BCUT2D eigenvalue weighted by Crippen LogP contribution is -2.18. The van der Waals surface area contributed by atoms with Crippen LogP contribution in [0.1, 0.15) is 28.1 Å². The zero-order chi connectivity index (χ0) is 22.1. The first-order valence-corrected chi connectivity index (χ1v) is 11.1. The van der Waals surface area contributed by atoms with Crippen molar-refractivity contribution < 1.29 is 9.90 Å². The zero-order valence-corrected chi connectivity index (χ0v) is 18.8. The second-order valence-corrected chi connectivity index (χ2v) is 8.76. The molecule has 2 N–H and O–H groups in total. The molecular weight excluding hydrogens is 466 g/mol. The standard InChI is InChI=1S/C26H20BrN3O2/c27-19-8-6-17(7-9-19)13-24(32)30-26-23(12-16-4-2-1-3-5-16)28-25-21-11-10-20(31)14-18(21)15-22(25)29-26/h1-11,14,31H,12-13,15H2,(H,29,30,32). The number of phenols is 1. The van der Waals surface area contributed by atoms with Gasteiger partial charge in [-0.3, -0.25) is 4.79 Å². The number of hydrogen-bond donors (Lipinski definition) is 2. The van der Waals surface area contributed by atoms with Crippen molar-refractivity contribution in [3.63, 3.8) is 0 Å². The summed E-state index contributed by atoms with van der Waals surface area (Å²) in [6.45, 7) is 0. The van der Waals surface area contributed by atoms with Crippen LogP contribution in [-0.4, -0.2) is 21.0 Å². The van der Waals surface area contributed by atoms with Gasteiger partial charge in [0.2, 0.25) is 5.91 Å². The molecule has 5 nitrogen and oxygen atoms in total. The van der Waals surface area contributed by atoms with E-state index in [1.165, 1.54) is 0 Å². The number of carbonyl (C=O) groups is 1. The van der Waals surface area contributed by atoms with Crippen LogP contribution in [0.3, 0.4) is 0 Å². The summed E-state index contributed by atoms with van der Waals surface area (Å²) in [5.41, 5.74) is 6.33. The fraction of sp³-hybridized carbons (Fsp3) is 0.115. The minimum Gasteiger partial charge on any atom is -0.508 e. The third kappa shape index (κ3) is 4.27. The number of nitrogens with zero attached hydrogens (tertiary/aromatic N) is 2. The molecule has 1 aromatic heterocycles. The maximum Gasteiger partial charge on any atom is 0.229 e. The second-order valence-electron chi connectivity index (χ2n) is 7.85. The molecule has 32 heavy (non-hydrogen) atoms. The van der Waals surface area contributed by atoms with E-state index in [2.05, 4.69) is 21.2 Å². The van der Waals surface area contributed by atoms with Gasteiger partial charge in [-0.1, -0.05) is 58.4 Å². The van der Waals surface area contributed by atoms with Gasteiger partial charge in [-0.15, -0.1) is 0 Å². The monoisotopic (exact) mass is 485 g/mol. The summed E-state index contributed by atoms with van der Waals surface area (Å²) < 4.78 is 0.974. The molecule has 0 saturated heterocycles. The molecule has 158 valence electrons. The summed E-state index contributed by atoms with van der Waals surface area (Å²) in [4.78, 5) is 22.5.